The summed E-state index contributed by atoms with van der Waals surface area (Å²) in [5.74, 6) is 0. The van der Waals surface area contributed by atoms with Crippen LogP contribution in [0.3, 0.4) is 0 Å². The minimum atomic E-state index is 0.0840. The number of rotatable bonds is 5. The fourth-order valence-corrected chi connectivity index (χ4v) is 4.95. The van der Waals surface area contributed by atoms with E-state index in [-0.39, 0.29) is 12.8 Å². The molecule has 0 saturated carbocycles. The van der Waals surface area contributed by atoms with Crippen molar-refractivity contribution in [2.75, 3.05) is 33.0 Å². The molecule has 0 bridgehead atoms. The Balaban J connectivity index is 0.00000133. The van der Waals surface area contributed by atoms with E-state index in [9.17, 15) is 5.11 Å². The predicted octanol–water partition coefficient (Wildman–Crippen LogP) is 4.64. The average Bonchev–Trinajstić information content (AvgIpc) is 3.55. The Morgan fingerprint density at radius 2 is 2.09 bits per heavy atom. The van der Waals surface area contributed by atoms with Gasteiger partial charge in [0.25, 0.3) is 0 Å². The van der Waals surface area contributed by atoms with E-state index in [1.54, 1.807) is 0 Å². The van der Waals surface area contributed by atoms with Gasteiger partial charge in [-0.25, -0.2) is 0 Å². The summed E-state index contributed by atoms with van der Waals surface area (Å²) in [6.45, 7) is 9.43. The summed E-state index contributed by atoms with van der Waals surface area (Å²) in [6, 6.07) is 6.98. The molecule has 0 unspecified atom stereocenters. The molecule has 182 valence electrons. The Kier molecular flexibility index (Phi) is 8.14. The van der Waals surface area contributed by atoms with Crippen molar-refractivity contribution >= 4 is 11.3 Å². The van der Waals surface area contributed by atoms with E-state index in [0.717, 1.165) is 56.7 Å². The molecular formula is C28H38N4O2. The van der Waals surface area contributed by atoms with E-state index in [1.165, 1.54) is 33.4 Å². The van der Waals surface area contributed by atoms with E-state index < -0.39 is 0 Å². The summed E-state index contributed by atoms with van der Waals surface area (Å²) in [7, 11) is 1.95. The van der Waals surface area contributed by atoms with E-state index >= 15 is 0 Å². The highest BCUT2D eigenvalue weighted by Gasteiger charge is 2.27. The van der Waals surface area contributed by atoms with Crippen LogP contribution in [0.15, 0.2) is 52.8 Å². The van der Waals surface area contributed by atoms with Gasteiger partial charge in [-0.3, -0.25) is 14.6 Å². The number of aryl methyl sites for hydroxylation is 2. The van der Waals surface area contributed by atoms with Crippen LogP contribution in [0.5, 0.6) is 0 Å². The molecule has 1 saturated heterocycles. The van der Waals surface area contributed by atoms with Crippen LogP contribution in [0.25, 0.3) is 16.7 Å². The number of aliphatic hydroxyl groups excluding tert-OH is 1. The van der Waals surface area contributed by atoms with Crippen LogP contribution in [0.1, 0.15) is 51.2 Å². The highest BCUT2D eigenvalue weighted by molar-refractivity contribution is 6.32. The maximum Gasteiger partial charge on any atom is 0.0959 e. The quantitative estimate of drug-likeness (QED) is 0.658. The third-order valence-corrected chi connectivity index (χ3v) is 6.85. The van der Waals surface area contributed by atoms with Crippen LogP contribution in [0.4, 0.5) is 0 Å². The van der Waals surface area contributed by atoms with Crippen molar-refractivity contribution in [3.8, 4) is 11.1 Å². The summed E-state index contributed by atoms with van der Waals surface area (Å²) in [5.41, 5.74) is 10.00. The molecule has 34 heavy (non-hydrogen) atoms. The first-order chi connectivity index (χ1) is 16.6. The number of aliphatic hydroxyl groups is 1. The summed E-state index contributed by atoms with van der Waals surface area (Å²) in [5, 5.41) is 14.1. The first-order valence-corrected chi connectivity index (χ1v) is 12.6. The lowest BCUT2D eigenvalue weighted by Gasteiger charge is -2.31. The number of allylic oxidation sites excluding steroid dienone is 2. The van der Waals surface area contributed by atoms with Gasteiger partial charge in [0.1, 0.15) is 0 Å². The second-order valence-corrected chi connectivity index (χ2v) is 9.13. The first-order valence-electron chi connectivity index (χ1n) is 12.6. The fourth-order valence-electron chi connectivity index (χ4n) is 4.95. The molecule has 1 aliphatic carbocycles. The average molecular weight is 463 g/mol. The Labute approximate surface area is 203 Å². The number of hydrogen-bond acceptors (Lipinski definition) is 5. The van der Waals surface area contributed by atoms with Crippen LogP contribution in [0, 0.1) is 0 Å². The fraction of sp³-hybridized carbons (Fsp3) is 0.500. The van der Waals surface area contributed by atoms with Gasteiger partial charge in [0.05, 0.1) is 31.3 Å². The third kappa shape index (κ3) is 5.24. The van der Waals surface area contributed by atoms with Crippen LogP contribution in [0.2, 0.25) is 0 Å². The van der Waals surface area contributed by atoms with E-state index in [4.69, 9.17) is 9.73 Å². The highest BCUT2D eigenvalue weighted by Crippen LogP contribution is 2.35. The van der Waals surface area contributed by atoms with Gasteiger partial charge in [-0.05, 0) is 54.9 Å². The van der Waals surface area contributed by atoms with Crippen LogP contribution >= 0.6 is 0 Å². The van der Waals surface area contributed by atoms with Gasteiger partial charge in [-0.15, -0.1) is 0 Å². The normalized spacial score (nSPS) is 21.1. The molecule has 1 fully saturated rings. The zero-order valence-corrected chi connectivity index (χ0v) is 21.0. The van der Waals surface area contributed by atoms with Gasteiger partial charge in [0, 0.05) is 44.1 Å². The molecule has 1 atom stereocenters. The molecule has 3 heterocycles. The monoisotopic (exact) mass is 462 g/mol. The smallest absolute Gasteiger partial charge is 0.0959 e. The van der Waals surface area contributed by atoms with E-state index in [1.807, 2.05) is 31.8 Å². The van der Waals surface area contributed by atoms with Crippen molar-refractivity contribution in [1.82, 2.24) is 14.7 Å². The Morgan fingerprint density at radius 1 is 1.24 bits per heavy atom. The maximum absolute atomic E-state index is 9.79. The van der Waals surface area contributed by atoms with Crippen molar-refractivity contribution in [2.24, 2.45) is 12.0 Å². The van der Waals surface area contributed by atoms with Crippen LogP contribution < -0.4 is 0 Å². The van der Waals surface area contributed by atoms with Crippen LogP contribution in [-0.2, 0) is 18.2 Å². The summed E-state index contributed by atoms with van der Waals surface area (Å²) >= 11 is 0. The Bertz CT molecular complexity index is 1090. The SMILES string of the molecule is CC.CC1=C(C(=N[C@H]2CCOC2)C2=CCCc3cc(-c4cnn(C)c4)ccc32)CN(CO)CC1. The van der Waals surface area contributed by atoms with Gasteiger partial charge < -0.3 is 9.84 Å². The van der Waals surface area contributed by atoms with Crippen molar-refractivity contribution in [3.63, 3.8) is 0 Å². The second-order valence-electron chi connectivity index (χ2n) is 9.13. The minimum Gasteiger partial charge on any atom is -0.381 e. The number of fused-ring (bicyclic) bond motifs is 1. The molecule has 1 aromatic carbocycles. The van der Waals surface area contributed by atoms with Crippen molar-refractivity contribution in [2.45, 2.75) is 52.5 Å². The topological polar surface area (TPSA) is 62.9 Å². The number of aliphatic imine (C=N–C) groups is 1. The molecule has 1 N–H and O–H groups in total. The lowest BCUT2D eigenvalue weighted by atomic mass is 9.82. The molecule has 0 amide bonds. The minimum absolute atomic E-state index is 0.0840. The zero-order chi connectivity index (χ0) is 24.1. The molecule has 6 heteroatoms. The molecule has 0 spiro atoms. The first kappa shape index (κ1) is 24.6. The lowest BCUT2D eigenvalue weighted by Crippen LogP contribution is -2.35. The number of benzene rings is 1. The molecule has 2 aromatic rings. The van der Waals surface area contributed by atoms with Gasteiger partial charge in [-0.2, -0.15) is 5.10 Å². The van der Waals surface area contributed by atoms with Crippen LogP contribution in [-0.4, -0.2) is 64.6 Å². The number of hydrogen-bond donors (Lipinski definition) is 1. The van der Waals surface area contributed by atoms with Crippen molar-refractivity contribution in [1.29, 1.82) is 0 Å². The Hall–Kier alpha value is -2.54. The number of ether oxygens (including phenoxy) is 1. The zero-order valence-electron chi connectivity index (χ0n) is 21.0. The number of aromatic nitrogens is 2. The Morgan fingerprint density at radius 3 is 2.79 bits per heavy atom. The molecule has 0 radical (unpaired) electrons. The summed E-state index contributed by atoms with van der Waals surface area (Å²) < 4.78 is 7.48. The summed E-state index contributed by atoms with van der Waals surface area (Å²) in [6.07, 6.45) is 10.3. The van der Waals surface area contributed by atoms with Gasteiger partial charge in [0.2, 0.25) is 0 Å². The standard InChI is InChI=1S/C26H32N4O2.C2H6/c1-18-8-10-30(17-31)15-25(18)26(28-22-9-11-32-16-22)24-5-3-4-20-12-19(6-7-23(20)24)21-13-27-29(2)14-21;1-2/h5-7,12-14,22,31H,3-4,8-11,15-17H2,1-2H3;1-2H3/t22-;/m0./s1. The second kappa shape index (κ2) is 11.3. The maximum atomic E-state index is 9.79. The molecule has 6 nitrogen and oxygen atoms in total. The summed E-state index contributed by atoms with van der Waals surface area (Å²) in [4.78, 5) is 7.36. The van der Waals surface area contributed by atoms with Gasteiger partial charge >= 0.3 is 0 Å². The predicted molar refractivity (Wildman–Crippen MR) is 139 cm³/mol. The van der Waals surface area contributed by atoms with Crippen molar-refractivity contribution in [3.05, 3.63) is 58.9 Å². The number of nitrogens with zero attached hydrogens (tertiary/aromatic N) is 4. The lowest BCUT2D eigenvalue weighted by molar-refractivity contribution is 0.114. The molecule has 1 aromatic heterocycles. The van der Waals surface area contributed by atoms with Gasteiger partial charge in [0.15, 0.2) is 0 Å². The largest absolute Gasteiger partial charge is 0.381 e. The van der Waals surface area contributed by atoms with E-state index in [0.29, 0.717) is 6.61 Å². The molecule has 2 aliphatic heterocycles. The van der Waals surface area contributed by atoms with Gasteiger partial charge in [-0.1, -0.05) is 43.7 Å². The molecule has 3 aliphatic rings. The molecule has 5 rings (SSSR count). The van der Waals surface area contributed by atoms with Crippen molar-refractivity contribution < 1.29 is 9.84 Å². The van der Waals surface area contributed by atoms with E-state index in [2.05, 4.69) is 47.4 Å². The molecular weight excluding hydrogens is 424 g/mol. The third-order valence-electron chi connectivity index (χ3n) is 6.85. The highest BCUT2D eigenvalue weighted by atomic mass is 16.5.